The van der Waals surface area contributed by atoms with Crippen LogP contribution in [0.5, 0.6) is 0 Å². The SMILES string of the molecule is C1CCC2(CCCCO2)OC1. The van der Waals surface area contributed by atoms with Crippen LogP contribution < -0.4 is 0 Å². The average Bonchev–Trinajstić information content (AvgIpc) is 2.07. The fraction of sp³-hybridized carbons (Fsp3) is 1.00. The van der Waals surface area contributed by atoms with E-state index >= 15 is 0 Å². The first-order valence-corrected chi connectivity index (χ1v) is 4.69. The van der Waals surface area contributed by atoms with Crippen LogP contribution >= 0.6 is 0 Å². The monoisotopic (exact) mass is 156 g/mol. The molecule has 2 fully saturated rings. The van der Waals surface area contributed by atoms with Crippen LogP contribution in [0.25, 0.3) is 0 Å². The van der Waals surface area contributed by atoms with Crippen LogP contribution in [0.2, 0.25) is 0 Å². The Morgan fingerprint density at radius 3 is 1.64 bits per heavy atom. The number of rotatable bonds is 0. The van der Waals surface area contributed by atoms with E-state index in [1.807, 2.05) is 0 Å². The predicted octanol–water partition coefficient (Wildman–Crippen LogP) is 2.08. The largest absolute Gasteiger partial charge is 0.350 e. The second-order valence-electron chi connectivity index (χ2n) is 3.52. The topological polar surface area (TPSA) is 18.5 Å². The summed E-state index contributed by atoms with van der Waals surface area (Å²) in [5.74, 6) is -0.142. The van der Waals surface area contributed by atoms with Crippen LogP contribution in [0.15, 0.2) is 0 Å². The van der Waals surface area contributed by atoms with Gasteiger partial charge in [-0.15, -0.1) is 0 Å². The molecular formula is C9H16O2. The third-order valence-electron chi connectivity index (χ3n) is 2.63. The lowest BCUT2D eigenvalue weighted by Gasteiger charge is -2.39. The van der Waals surface area contributed by atoms with Gasteiger partial charge in [0.05, 0.1) is 13.2 Å². The van der Waals surface area contributed by atoms with E-state index in [-0.39, 0.29) is 5.79 Å². The molecule has 0 aromatic carbocycles. The minimum Gasteiger partial charge on any atom is -0.350 e. The van der Waals surface area contributed by atoms with E-state index in [2.05, 4.69) is 0 Å². The smallest absolute Gasteiger partial charge is 0.168 e. The van der Waals surface area contributed by atoms with Gasteiger partial charge >= 0.3 is 0 Å². The zero-order chi connectivity index (χ0) is 7.57. The van der Waals surface area contributed by atoms with Gasteiger partial charge in [0.15, 0.2) is 5.79 Å². The second-order valence-corrected chi connectivity index (χ2v) is 3.52. The van der Waals surface area contributed by atoms with E-state index in [0.29, 0.717) is 0 Å². The van der Waals surface area contributed by atoms with Crippen molar-refractivity contribution in [2.45, 2.75) is 44.3 Å². The van der Waals surface area contributed by atoms with Gasteiger partial charge in [-0.3, -0.25) is 0 Å². The predicted molar refractivity (Wildman–Crippen MR) is 42.3 cm³/mol. The first-order chi connectivity index (χ1) is 5.41. The maximum atomic E-state index is 5.68. The van der Waals surface area contributed by atoms with Crippen LogP contribution in [0.3, 0.4) is 0 Å². The van der Waals surface area contributed by atoms with Crippen molar-refractivity contribution in [2.75, 3.05) is 13.2 Å². The molecule has 11 heavy (non-hydrogen) atoms. The molecule has 2 heterocycles. The number of ether oxygens (including phenoxy) is 2. The van der Waals surface area contributed by atoms with Gasteiger partial charge in [-0.25, -0.2) is 0 Å². The van der Waals surface area contributed by atoms with Crippen molar-refractivity contribution in [3.8, 4) is 0 Å². The molecule has 2 nitrogen and oxygen atoms in total. The maximum absolute atomic E-state index is 5.68. The maximum Gasteiger partial charge on any atom is 0.168 e. The summed E-state index contributed by atoms with van der Waals surface area (Å²) in [6.07, 6.45) is 7.22. The van der Waals surface area contributed by atoms with Crippen molar-refractivity contribution in [3.63, 3.8) is 0 Å². The Labute approximate surface area is 67.9 Å². The first kappa shape index (κ1) is 7.56. The Kier molecular flexibility index (Phi) is 2.14. The van der Waals surface area contributed by atoms with E-state index in [1.54, 1.807) is 0 Å². The van der Waals surface area contributed by atoms with Gasteiger partial charge in [0.25, 0.3) is 0 Å². The Hall–Kier alpha value is -0.0800. The molecule has 0 unspecified atom stereocenters. The summed E-state index contributed by atoms with van der Waals surface area (Å²) in [4.78, 5) is 0. The summed E-state index contributed by atoms with van der Waals surface area (Å²) in [5.41, 5.74) is 0. The van der Waals surface area contributed by atoms with Crippen LogP contribution in [-0.4, -0.2) is 19.0 Å². The average molecular weight is 156 g/mol. The summed E-state index contributed by atoms with van der Waals surface area (Å²) in [5, 5.41) is 0. The van der Waals surface area contributed by atoms with Gasteiger partial charge < -0.3 is 9.47 Å². The molecule has 2 rings (SSSR count). The summed E-state index contributed by atoms with van der Waals surface area (Å²) in [7, 11) is 0. The van der Waals surface area contributed by atoms with Gasteiger partial charge in [0.1, 0.15) is 0 Å². The van der Waals surface area contributed by atoms with Crippen molar-refractivity contribution in [1.29, 1.82) is 0 Å². The fourth-order valence-electron chi connectivity index (χ4n) is 1.96. The standard InChI is InChI=1S/C9H16O2/c1-3-7-10-9(5-1)6-2-4-8-11-9/h1-8H2. The van der Waals surface area contributed by atoms with Crippen molar-refractivity contribution in [3.05, 3.63) is 0 Å². The highest BCUT2D eigenvalue weighted by Crippen LogP contribution is 2.34. The molecule has 0 atom stereocenters. The normalized spacial score (nSPS) is 30.5. The molecule has 2 aliphatic heterocycles. The van der Waals surface area contributed by atoms with Crippen molar-refractivity contribution in [1.82, 2.24) is 0 Å². The van der Waals surface area contributed by atoms with Gasteiger partial charge in [-0.05, 0) is 25.7 Å². The van der Waals surface area contributed by atoms with Crippen LogP contribution in [0.4, 0.5) is 0 Å². The van der Waals surface area contributed by atoms with Gasteiger partial charge in [0.2, 0.25) is 0 Å². The molecule has 0 aliphatic carbocycles. The summed E-state index contributed by atoms with van der Waals surface area (Å²) in [6, 6.07) is 0. The molecule has 0 bridgehead atoms. The minimum absolute atomic E-state index is 0.142. The van der Waals surface area contributed by atoms with E-state index < -0.39 is 0 Å². The lowest BCUT2D eigenvalue weighted by atomic mass is 9.97. The molecule has 64 valence electrons. The van der Waals surface area contributed by atoms with E-state index in [4.69, 9.17) is 9.47 Å². The quantitative estimate of drug-likeness (QED) is 0.534. The van der Waals surface area contributed by atoms with Crippen LogP contribution in [0, 0.1) is 0 Å². The third kappa shape index (κ3) is 1.57. The first-order valence-electron chi connectivity index (χ1n) is 4.69. The highest BCUT2D eigenvalue weighted by molar-refractivity contribution is 4.76. The molecule has 2 aliphatic rings. The highest BCUT2D eigenvalue weighted by Gasteiger charge is 2.35. The molecule has 0 amide bonds. The minimum atomic E-state index is -0.142. The molecule has 0 saturated carbocycles. The van der Waals surface area contributed by atoms with Crippen molar-refractivity contribution < 1.29 is 9.47 Å². The van der Waals surface area contributed by atoms with Crippen LogP contribution in [0.1, 0.15) is 38.5 Å². The molecule has 0 radical (unpaired) electrons. The molecule has 0 aromatic rings. The summed E-state index contributed by atoms with van der Waals surface area (Å²) >= 11 is 0. The molecule has 2 heteroatoms. The van der Waals surface area contributed by atoms with E-state index in [9.17, 15) is 0 Å². The fourth-order valence-corrected chi connectivity index (χ4v) is 1.96. The van der Waals surface area contributed by atoms with Gasteiger partial charge in [0, 0.05) is 12.8 Å². The molecular weight excluding hydrogens is 140 g/mol. The van der Waals surface area contributed by atoms with Crippen molar-refractivity contribution >= 4 is 0 Å². The van der Waals surface area contributed by atoms with E-state index in [0.717, 1.165) is 26.1 Å². The Bertz CT molecular complexity index is 102. The Morgan fingerprint density at radius 1 is 0.727 bits per heavy atom. The second kappa shape index (κ2) is 3.11. The van der Waals surface area contributed by atoms with Gasteiger partial charge in [-0.1, -0.05) is 0 Å². The van der Waals surface area contributed by atoms with Gasteiger partial charge in [-0.2, -0.15) is 0 Å². The molecule has 0 aromatic heterocycles. The molecule has 0 N–H and O–H groups in total. The van der Waals surface area contributed by atoms with Crippen molar-refractivity contribution in [2.24, 2.45) is 0 Å². The lowest BCUT2D eigenvalue weighted by Crippen LogP contribution is -2.41. The molecule has 1 spiro atoms. The number of hydrogen-bond donors (Lipinski definition) is 0. The zero-order valence-electron chi connectivity index (χ0n) is 6.97. The third-order valence-corrected chi connectivity index (χ3v) is 2.63. The highest BCUT2D eigenvalue weighted by atomic mass is 16.7. The summed E-state index contributed by atoms with van der Waals surface area (Å²) in [6.45, 7) is 1.81. The Morgan fingerprint density at radius 2 is 1.27 bits per heavy atom. The molecule has 2 saturated heterocycles. The summed E-state index contributed by atoms with van der Waals surface area (Å²) < 4.78 is 11.4. The Balaban J connectivity index is 1.94. The number of hydrogen-bond acceptors (Lipinski definition) is 2. The van der Waals surface area contributed by atoms with Crippen LogP contribution in [-0.2, 0) is 9.47 Å². The lowest BCUT2D eigenvalue weighted by molar-refractivity contribution is -0.272. The zero-order valence-corrected chi connectivity index (χ0v) is 6.97. The van der Waals surface area contributed by atoms with E-state index in [1.165, 1.54) is 25.7 Å².